The fraction of sp³-hybridized carbons (Fsp3) is 0.105. The quantitative estimate of drug-likeness (QED) is 0.468. The van der Waals surface area contributed by atoms with E-state index in [9.17, 15) is 13.2 Å². The molecule has 1 amide bonds. The van der Waals surface area contributed by atoms with E-state index in [2.05, 4.69) is 15.2 Å². The van der Waals surface area contributed by atoms with E-state index in [-0.39, 0.29) is 16.4 Å². The Morgan fingerprint density at radius 2 is 1.93 bits per heavy atom. The summed E-state index contributed by atoms with van der Waals surface area (Å²) in [4.78, 5) is 12.2. The maximum Gasteiger partial charge on any atom is 0.266 e. The van der Waals surface area contributed by atoms with Crippen LogP contribution in [0.2, 0.25) is 0 Å². The fourth-order valence-corrected chi connectivity index (χ4v) is 3.32. The molecule has 2 N–H and O–H groups in total. The van der Waals surface area contributed by atoms with Crippen molar-refractivity contribution in [2.24, 2.45) is 0 Å². The van der Waals surface area contributed by atoms with Crippen molar-refractivity contribution in [2.75, 3.05) is 10.0 Å². The van der Waals surface area contributed by atoms with Crippen molar-refractivity contribution in [3.8, 4) is 6.07 Å². The first kappa shape index (κ1) is 19.9. The van der Waals surface area contributed by atoms with Crippen LogP contribution in [0.1, 0.15) is 17.0 Å². The predicted octanol–water partition coefficient (Wildman–Crippen LogP) is 3.23. The number of hydrogen-bond acceptors (Lipinski definition) is 7. The Labute approximate surface area is 166 Å². The molecule has 29 heavy (non-hydrogen) atoms. The van der Waals surface area contributed by atoms with Gasteiger partial charge in [-0.05, 0) is 50.2 Å². The lowest BCUT2D eigenvalue weighted by Crippen LogP contribution is -2.15. The normalized spacial score (nSPS) is 11.7. The van der Waals surface area contributed by atoms with Crippen LogP contribution in [0.4, 0.5) is 11.6 Å². The predicted molar refractivity (Wildman–Crippen MR) is 104 cm³/mol. The van der Waals surface area contributed by atoms with Gasteiger partial charge >= 0.3 is 0 Å². The van der Waals surface area contributed by atoms with Crippen LogP contribution in [0.25, 0.3) is 6.08 Å². The number of benzene rings is 1. The number of carbonyl (C=O) groups is 1. The van der Waals surface area contributed by atoms with Gasteiger partial charge in [0.2, 0.25) is 5.88 Å². The molecule has 3 rings (SSSR count). The Balaban J connectivity index is 1.73. The summed E-state index contributed by atoms with van der Waals surface area (Å²) in [5.41, 5.74) is 1.33. The van der Waals surface area contributed by atoms with Crippen LogP contribution < -0.4 is 10.0 Å². The van der Waals surface area contributed by atoms with Gasteiger partial charge < -0.3 is 14.3 Å². The number of nitrogens with one attached hydrogen (secondary N) is 2. The first-order valence-electron chi connectivity index (χ1n) is 8.32. The number of aryl methyl sites for hydroxylation is 1. The van der Waals surface area contributed by atoms with Crippen molar-refractivity contribution in [3.05, 3.63) is 65.3 Å². The Bertz CT molecular complexity index is 1200. The van der Waals surface area contributed by atoms with Gasteiger partial charge in [0.05, 0.1) is 16.9 Å². The summed E-state index contributed by atoms with van der Waals surface area (Å²) in [6.45, 7) is 3.38. The van der Waals surface area contributed by atoms with Gasteiger partial charge in [-0.3, -0.25) is 4.79 Å². The van der Waals surface area contributed by atoms with E-state index in [0.29, 0.717) is 22.7 Å². The van der Waals surface area contributed by atoms with E-state index in [1.165, 1.54) is 36.6 Å². The molecule has 10 heteroatoms. The largest absolute Gasteiger partial charge is 0.465 e. The van der Waals surface area contributed by atoms with Crippen molar-refractivity contribution in [1.29, 1.82) is 5.26 Å². The van der Waals surface area contributed by atoms with E-state index in [4.69, 9.17) is 14.2 Å². The summed E-state index contributed by atoms with van der Waals surface area (Å²) >= 11 is 0. The maximum atomic E-state index is 12.5. The summed E-state index contributed by atoms with van der Waals surface area (Å²) in [6.07, 6.45) is 2.73. The third kappa shape index (κ3) is 4.53. The molecule has 2 heterocycles. The van der Waals surface area contributed by atoms with E-state index in [1.807, 2.05) is 0 Å². The molecule has 148 valence electrons. The maximum absolute atomic E-state index is 12.5. The van der Waals surface area contributed by atoms with Crippen LogP contribution in [0.15, 0.2) is 62.1 Å². The zero-order chi connectivity index (χ0) is 21.0. The number of sulfonamides is 1. The summed E-state index contributed by atoms with van der Waals surface area (Å²) in [5, 5.41) is 15.4. The van der Waals surface area contributed by atoms with Crippen LogP contribution in [0.5, 0.6) is 0 Å². The average Bonchev–Trinajstić information content (AvgIpc) is 3.32. The lowest BCUT2D eigenvalue weighted by Gasteiger charge is -2.08. The molecule has 1 aromatic carbocycles. The van der Waals surface area contributed by atoms with E-state index in [0.717, 1.165) is 0 Å². The Morgan fingerprint density at radius 1 is 1.21 bits per heavy atom. The van der Waals surface area contributed by atoms with Crippen LogP contribution in [-0.4, -0.2) is 19.5 Å². The lowest BCUT2D eigenvalue weighted by atomic mass is 10.2. The Kier molecular flexibility index (Phi) is 5.52. The highest BCUT2D eigenvalue weighted by Gasteiger charge is 2.19. The van der Waals surface area contributed by atoms with Crippen molar-refractivity contribution < 1.29 is 22.2 Å². The molecule has 9 nitrogen and oxygen atoms in total. The second-order valence-electron chi connectivity index (χ2n) is 5.99. The first-order valence-corrected chi connectivity index (χ1v) is 9.81. The summed E-state index contributed by atoms with van der Waals surface area (Å²) in [5.74, 6) is -0.242. The molecular weight excluding hydrogens is 396 g/mol. The third-order valence-corrected chi connectivity index (χ3v) is 5.35. The van der Waals surface area contributed by atoms with Crippen molar-refractivity contribution in [2.45, 2.75) is 18.7 Å². The minimum Gasteiger partial charge on any atom is -0.465 e. The molecule has 0 unspecified atom stereocenters. The molecule has 3 aromatic rings. The molecule has 0 saturated carbocycles. The van der Waals surface area contributed by atoms with Gasteiger partial charge in [0.1, 0.15) is 17.4 Å². The number of furan rings is 1. The number of rotatable bonds is 6. The number of nitrogens with zero attached hydrogens (tertiary/aromatic N) is 2. The van der Waals surface area contributed by atoms with Crippen LogP contribution in [-0.2, 0) is 14.8 Å². The molecule has 0 aliphatic carbocycles. The van der Waals surface area contributed by atoms with E-state index < -0.39 is 15.9 Å². The summed E-state index contributed by atoms with van der Waals surface area (Å²) in [6, 6.07) is 10.5. The average molecular weight is 412 g/mol. The standard InChI is InChI=1S/C19H16N4O5S/c1-12-13(2)22-28-19(12)23-29(25,26)17-7-5-15(6-8-17)21-18(24)14(11-20)10-16-4-3-9-27-16/h3-10,23H,1-2H3,(H,21,24)/b14-10+. The SMILES string of the molecule is Cc1noc(NS(=O)(=O)c2ccc(NC(=O)/C(C#N)=C/c3ccco3)cc2)c1C. The summed E-state index contributed by atoms with van der Waals surface area (Å²) in [7, 11) is -3.90. The lowest BCUT2D eigenvalue weighted by molar-refractivity contribution is -0.112. The van der Waals surface area contributed by atoms with Gasteiger partial charge in [0.15, 0.2) is 0 Å². The number of amides is 1. The molecule has 0 aliphatic rings. The second-order valence-corrected chi connectivity index (χ2v) is 7.67. The Hall–Kier alpha value is -3.84. The van der Waals surface area contributed by atoms with E-state index in [1.54, 1.807) is 32.0 Å². The zero-order valence-corrected chi connectivity index (χ0v) is 16.3. The number of carbonyl (C=O) groups excluding carboxylic acids is 1. The molecule has 0 spiro atoms. The fourth-order valence-electron chi connectivity index (χ4n) is 2.27. The number of hydrogen-bond donors (Lipinski definition) is 2. The smallest absolute Gasteiger partial charge is 0.266 e. The van der Waals surface area contributed by atoms with Gasteiger partial charge in [-0.2, -0.15) is 5.26 Å². The van der Waals surface area contributed by atoms with E-state index >= 15 is 0 Å². The van der Waals surface area contributed by atoms with Crippen LogP contribution in [0.3, 0.4) is 0 Å². The van der Waals surface area contributed by atoms with Gasteiger partial charge in [-0.1, -0.05) is 5.16 Å². The van der Waals surface area contributed by atoms with Gasteiger partial charge in [0.25, 0.3) is 15.9 Å². The molecule has 0 radical (unpaired) electrons. The van der Waals surface area contributed by atoms with Crippen LogP contribution >= 0.6 is 0 Å². The van der Waals surface area contributed by atoms with Crippen molar-refractivity contribution in [3.63, 3.8) is 0 Å². The first-order chi connectivity index (χ1) is 13.8. The topological polar surface area (TPSA) is 138 Å². The minimum absolute atomic E-state index is 0.0319. The molecule has 0 atom stereocenters. The monoisotopic (exact) mass is 412 g/mol. The third-order valence-electron chi connectivity index (χ3n) is 4.00. The van der Waals surface area contributed by atoms with Gasteiger partial charge in [-0.25, -0.2) is 13.1 Å². The summed E-state index contributed by atoms with van der Waals surface area (Å²) < 4.78 is 37.3. The minimum atomic E-state index is -3.90. The molecule has 2 aromatic heterocycles. The molecular formula is C19H16N4O5S. The molecule has 0 saturated heterocycles. The number of nitriles is 1. The molecule has 0 aliphatic heterocycles. The second kappa shape index (κ2) is 8.04. The Morgan fingerprint density at radius 3 is 2.48 bits per heavy atom. The van der Waals surface area contributed by atoms with Crippen molar-refractivity contribution >= 4 is 33.6 Å². The molecule has 0 bridgehead atoms. The highest BCUT2D eigenvalue weighted by Crippen LogP contribution is 2.22. The zero-order valence-electron chi connectivity index (χ0n) is 15.5. The van der Waals surface area contributed by atoms with Gasteiger partial charge in [0, 0.05) is 17.3 Å². The highest BCUT2D eigenvalue weighted by atomic mass is 32.2. The van der Waals surface area contributed by atoms with Crippen LogP contribution in [0, 0.1) is 25.2 Å². The number of anilines is 2. The van der Waals surface area contributed by atoms with Gasteiger partial charge in [-0.15, -0.1) is 0 Å². The highest BCUT2D eigenvalue weighted by molar-refractivity contribution is 7.92. The number of aromatic nitrogens is 1. The molecule has 0 fully saturated rings. The van der Waals surface area contributed by atoms with Crippen molar-refractivity contribution in [1.82, 2.24) is 5.16 Å².